The van der Waals surface area contributed by atoms with Crippen molar-refractivity contribution in [3.8, 4) is 0 Å². The highest BCUT2D eigenvalue weighted by atomic mass is 35.5. The van der Waals surface area contributed by atoms with E-state index < -0.39 is 0 Å². The Morgan fingerprint density at radius 1 is 1.53 bits per heavy atom. The van der Waals surface area contributed by atoms with Gasteiger partial charge in [-0.05, 0) is 29.4 Å². The third kappa shape index (κ3) is 6.32. The first kappa shape index (κ1) is 16.3. The molecule has 1 amide bonds. The van der Waals surface area contributed by atoms with E-state index in [4.69, 9.17) is 16.7 Å². The molecule has 0 aliphatic heterocycles. The number of nitrogens with zero attached hydrogens (tertiary/aromatic N) is 1. The van der Waals surface area contributed by atoms with Crippen LogP contribution in [-0.4, -0.2) is 41.1 Å². The van der Waals surface area contributed by atoms with Crippen LogP contribution in [0.25, 0.3) is 0 Å². The van der Waals surface area contributed by atoms with E-state index in [1.165, 1.54) is 0 Å². The predicted molar refractivity (Wildman–Crippen MR) is 81.5 cm³/mol. The number of rotatable bonds is 7. The van der Waals surface area contributed by atoms with E-state index in [-0.39, 0.29) is 18.4 Å². The maximum absolute atomic E-state index is 11.9. The van der Waals surface area contributed by atoms with Gasteiger partial charge in [0.2, 0.25) is 5.91 Å². The number of hydrogen-bond donors (Lipinski definition) is 1. The van der Waals surface area contributed by atoms with Gasteiger partial charge in [0.1, 0.15) is 0 Å². The molecule has 106 valence electrons. The van der Waals surface area contributed by atoms with E-state index in [0.717, 1.165) is 11.3 Å². The SMILES string of the molecule is CC(CO)CSCC(=O)N(C)Cc1cccc(Cl)c1. The number of carbonyl (C=O) groups is 1. The molecular formula is C14H20ClNO2S. The molecule has 1 unspecified atom stereocenters. The van der Waals surface area contributed by atoms with Gasteiger partial charge in [-0.2, -0.15) is 11.8 Å². The van der Waals surface area contributed by atoms with Gasteiger partial charge in [0.05, 0.1) is 5.75 Å². The van der Waals surface area contributed by atoms with Crippen LogP contribution in [0.15, 0.2) is 24.3 Å². The van der Waals surface area contributed by atoms with E-state index in [1.807, 2.05) is 31.2 Å². The second kappa shape index (κ2) is 8.46. The molecule has 1 aromatic carbocycles. The highest BCUT2D eigenvalue weighted by molar-refractivity contribution is 7.99. The number of hydrogen-bond acceptors (Lipinski definition) is 3. The Hall–Kier alpha value is -0.710. The highest BCUT2D eigenvalue weighted by Crippen LogP contribution is 2.13. The van der Waals surface area contributed by atoms with Gasteiger partial charge in [-0.15, -0.1) is 0 Å². The van der Waals surface area contributed by atoms with E-state index in [9.17, 15) is 4.79 Å². The fourth-order valence-corrected chi connectivity index (χ4v) is 2.74. The second-order valence-corrected chi connectivity index (χ2v) is 6.15. The molecule has 5 heteroatoms. The van der Waals surface area contributed by atoms with Crippen molar-refractivity contribution in [3.05, 3.63) is 34.9 Å². The topological polar surface area (TPSA) is 40.5 Å². The first-order chi connectivity index (χ1) is 9.02. The lowest BCUT2D eigenvalue weighted by atomic mass is 10.2. The molecule has 0 aromatic heterocycles. The first-order valence-electron chi connectivity index (χ1n) is 6.20. The average Bonchev–Trinajstić information content (AvgIpc) is 2.38. The van der Waals surface area contributed by atoms with Crippen LogP contribution >= 0.6 is 23.4 Å². The van der Waals surface area contributed by atoms with E-state index in [0.29, 0.717) is 17.3 Å². The molecule has 0 fully saturated rings. The fraction of sp³-hybridized carbons (Fsp3) is 0.500. The Balaban J connectivity index is 2.36. The molecule has 0 bridgehead atoms. The smallest absolute Gasteiger partial charge is 0.232 e. The summed E-state index contributed by atoms with van der Waals surface area (Å²) in [7, 11) is 1.79. The molecule has 0 aliphatic rings. The average molecular weight is 302 g/mol. The van der Waals surface area contributed by atoms with Gasteiger partial charge in [0.15, 0.2) is 0 Å². The standard InChI is InChI=1S/C14H20ClNO2S/c1-11(8-17)9-19-10-14(18)16(2)7-12-4-3-5-13(15)6-12/h3-6,11,17H,7-10H2,1-2H3. The zero-order valence-electron chi connectivity index (χ0n) is 11.3. The minimum atomic E-state index is 0.0927. The van der Waals surface area contributed by atoms with Gasteiger partial charge >= 0.3 is 0 Å². The summed E-state index contributed by atoms with van der Waals surface area (Å²) < 4.78 is 0. The maximum Gasteiger partial charge on any atom is 0.232 e. The van der Waals surface area contributed by atoms with Crippen LogP contribution in [-0.2, 0) is 11.3 Å². The minimum Gasteiger partial charge on any atom is -0.396 e. The van der Waals surface area contributed by atoms with Crippen molar-refractivity contribution in [3.63, 3.8) is 0 Å². The van der Waals surface area contributed by atoms with Gasteiger partial charge < -0.3 is 10.0 Å². The second-order valence-electron chi connectivity index (χ2n) is 4.68. The maximum atomic E-state index is 11.9. The molecular weight excluding hydrogens is 282 g/mol. The third-order valence-corrected chi connectivity index (χ3v) is 4.17. The summed E-state index contributed by atoms with van der Waals surface area (Å²) in [5, 5.41) is 9.59. The predicted octanol–water partition coefficient (Wildman–Crippen LogP) is 2.66. The Bertz CT molecular complexity index is 414. The number of benzene rings is 1. The van der Waals surface area contributed by atoms with Crippen molar-refractivity contribution >= 4 is 29.3 Å². The van der Waals surface area contributed by atoms with Crippen molar-refractivity contribution in [1.82, 2.24) is 4.90 Å². The fourth-order valence-electron chi connectivity index (χ4n) is 1.51. The molecule has 3 nitrogen and oxygen atoms in total. The summed E-state index contributed by atoms with van der Waals surface area (Å²) in [4.78, 5) is 13.6. The Kier molecular flexibility index (Phi) is 7.28. The molecule has 0 saturated heterocycles. The van der Waals surface area contributed by atoms with Gasteiger partial charge in [0, 0.05) is 25.2 Å². The summed E-state index contributed by atoms with van der Waals surface area (Å²) in [6.07, 6.45) is 0. The summed E-state index contributed by atoms with van der Waals surface area (Å²) in [6.45, 7) is 2.70. The van der Waals surface area contributed by atoms with Crippen LogP contribution in [0.5, 0.6) is 0 Å². The van der Waals surface area contributed by atoms with Crippen LogP contribution < -0.4 is 0 Å². The minimum absolute atomic E-state index is 0.0927. The summed E-state index contributed by atoms with van der Waals surface area (Å²) in [5.74, 6) is 1.57. The van der Waals surface area contributed by atoms with Crippen molar-refractivity contribution in [2.24, 2.45) is 5.92 Å². The molecule has 1 N–H and O–H groups in total. The largest absolute Gasteiger partial charge is 0.396 e. The van der Waals surface area contributed by atoms with Gasteiger partial charge in [0.25, 0.3) is 0 Å². The lowest BCUT2D eigenvalue weighted by Gasteiger charge is -2.17. The van der Waals surface area contributed by atoms with Crippen LogP contribution in [0, 0.1) is 5.92 Å². The zero-order valence-corrected chi connectivity index (χ0v) is 12.9. The summed E-state index contributed by atoms with van der Waals surface area (Å²) in [6, 6.07) is 7.52. The Morgan fingerprint density at radius 3 is 2.89 bits per heavy atom. The zero-order chi connectivity index (χ0) is 14.3. The molecule has 0 spiro atoms. The van der Waals surface area contributed by atoms with E-state index in [2.05, 4.69) is 0 Å². The van der Waals surface area contributed by atoms with E-state index >= 15 is 0 Å². The lowest BCUT2D eigenvalue weighted by molar-refractivity contribution is -0.127. The van der Waals surface area contributed by atoms with E-state index in [1.54, 1.807) is 23.7 Å². The first-order valence-corrected chi connectivity index (χ1v) is 7.73. The quantitative estimate of drug-likeness (QED) is 0.842. The molecule has 19 heavy (non-hydrogen) atoms. The molecule has 0 aliphatic carbocycles. The number of carbonyl (C=O) groups excluding carboxylic acids is 1. The number of halogens is 1. The number of aliphatic hydroxyl groups excluding tert-OH is 1. The molecule has 1 rings (SSSR count). The summed E-state index contributed by atoms with van der Waals surface area (Å²) in [5.41, 5.74) is 1.03. The van der Waals surface area contributed by atoms with Crippen molar-refractivity contribution in [2.45, 2.75) is 13.5 Å². The number of aliphatic hydroxyl groups is 1. The van der Waals surface area contributed by atoms with Crippen LogP contribution in [0.1, 0.15) is 12.5 Å². The molecule has 0 radical (unpaired) electrons. The van der Waals surface area contributed by atoms with Crippen molar-refractivity contribution < 1.29 is 9.90 Å². The Morgan fingerprint density at radius 2 is 2.26 bits per heavy atom. The molecule has 1 aromatic rings. The van der Waals surface area contributed by atoms with Crippen molar-refractivity contribution in [2.75, 3.05) is 25.2 Å². The van der Waals surface area contributed by atoms with Gasteiger partial charge in [-0.3, -0.25) is 4.79 Å². The van der Waals surface area contributed by atoms with Crippen LogP contribution in [0.4, 0.5) is 0 Å². The van der Waals surface area contributed by atoms with Gasteiger partial charge in [-0.25, -0.2) is 0 Å². The van der Waals surface area contributed by atoms with Gasteiger partial charge in [-0.1, -0.05) is 30.7 Å². The van der Waals surface area contributed by atoms with Crippen LogP contribution in [0.2, 0.25) is 5.02 Å². The molecule has 1 atom stereocenters. The summed E-state index contributed by atoms with van der Waals surface area (Å²) >= 11 is 7.47. The number of thioether (sulfide) groups is 1. The third-order valence-electron chi connectivity index (χ3n) is 2.67. The number of amides is 1. The monoisotopic (exact) mass is 301 g/mol. The lowest BCUT2D eigenvalue weighted by Crippen LogP contribution is -2.28. The normalized spacial score (nSPS) is 12.2. The van der Waals surface area contributed by atoms with Crippen LogP contribution in [0.3, 0.4) is 0 Å². The van der Waals surface area contributed by atoms with Crippen molar-refractivity contribution in [1.29, 1.82) is 0 Å². The Labute approximate surface area is 123 Å². The molecule has 0 saturated carbocycles. The highest BCUT2D eigenvalue weighted by Gasteiger charge is 2.10. The molecule has 0 heterocycles.